The van der Waals surface area contributed by atoms with Crippen molar-refractivity contribution in [2.75, 3.05) is 26.7 Å². The van der Waals surface area contributed by atoms with Crippen LogP contribution in [0.1, 0.15) is 22.9 Å². The predicted molar refractivity (Wildman–Crippen MR) is 107 cm³/mol. The average molecular weight is 411 g/mol. The molecule has 2 fully saturated rings. The second-order valence-electron chi connectivity index (χ2n) is 7.70. The van der Waals surface area contributed by atoms with Crippen LogP contribution in [0.15, 0.2) is 35.4 Å². The molecule has 2 saturated heterocycles. The first-order valence-corrected chi connectivity index (χ1v) is 10.5. The second-order valence-corrected chi connectivity index (χ2v) is 9.61. The smallest absolute Gasteiger partial charge is 0.246 e. The Hall–Kier alpha value is -1.41. The largest absolute Gasteiger partial charge is 0.299 e. The van der Waals surface area contributed by atoms with Gasteiger partial charge in [-0.2, -0.15) is 9.40 Å². The van der Waals surface area contributed by atoms with Gasteiger partial charge < -0.3 is 0 Å². The molecular formula is C19H27ClN4O2S. The molecule has 2 aliphatic rings. The molecule has 3 heterocycles. The fourth-order valence-electron chi connectivity index (χ4n) is 4.67. The molecule has 1 aromatic heterocycles. The van der Waals surface area contributed by atoms with Gasteiger partial charge in [-0.25, -0.2) is 8.42 Å². The summed E-state index contributed by atoms with van der Waals surface area (Å²) >= 11 is 0. The van der Waals surface area contributed by atoms with E-state index in [4.69, 9.17) is 0 Å². The van der Waals surface area contributed by atoms with E-state index in [2.05, 4.69) is 48.2 Å². The third-order valence-electron chi connectivity index (χ3n) is 6.18. The third-order valence-corrected chi connectivity index (χ3v) is 8.11. The first-order chi connectivity index (χ1) is 12.3. The van der Waals surface area contributed by atoms with Crippen LogP contribution in [0.25, 0.3) is 0 Å². The van der Waals surface area contributed by atoms with Gasteiger partial charge in [0.25, 0.3) is 0 Å². The monoisotopic (exact) mass is 410 g/mol. The maximum absolute atomic E-state index is 13.2. The molecule has 8 heteroatoms. The van der Waals surface area contributed by atoms with Gasteiger partial charge in [0.1, 0.15) is 4.90 Å². The van der Waals surface area contributed by atoms with Crippen molar-refractivity contribution in [3.8, 4) is 0 Å². The van der Waals surface area contributed by atoms with Crippen LogP contribution in [0.3, 0.4) is 0 Å². The van der Waals surface area contributed by atoms with Gasteiger partial charge in [-0.1, -0.05) is 24.3 Å². The van der Waals surface area contributed by atoms with E-state index in [1.807, 2.05) is 0 Å². The number of aryl methyl sites for hydroxylation is 2. The number of benzene rings is 1. The summed E-state index contributed by atoms with van der Waals surface area (Å²) in [5, 5.41) is 4.11. The molecule has 0 spiro atoms. The Labute approximate surface area is 167 Å². The highest BCUT2D eigenvalue weighted by Gasteiger charge is 2.49. The molecule has 2 aliphatic heterocycles. The van der Waals surface area contributed by atoms with Crippen LogP contribution in [0.2, 0.25) is 0 Å². The zero-order valence-electron chi connectivity index (χ0n) is 16.2. The molecule has 0 amide bonds. The summed E-state index contributed by atoms with van der Waals surface area (Å²) < 4.78 is 29.6. The van der Waals surface area contributed by atoms with Gasteiger partial charge in [-0.15, -0.1) is 12.4 Å². The van der Waals surface area contributed by atoms with Crippen molar-refractivity contribution in [3.63, 3.8) is 0 Å². The van der Waals surface area contributed by atoms with E-state index >= 15 is 0 Å². The predicted octanol–water partition coefficient (Wildman–Crippen LogP) is 2.38. The Balaban J connectivity index is 0.00000210. The lowest BCUT2D eigenvalue weighted by Gasteiger charge is -2.27. The van der Waals surface area contributed by atoms with Crippen molar-refractivity contribution in [3.05, 3.63) is 47.3 Å². The van der Waals surface area contributed by atoms with E-state index in [1.54, 1.807) is 23.0 Å². The van der Waals surface area contributed by atoms with Gasteiger partial charge in [-0.05, 0) is 43.9 Å². The number of hydrogen-bond acceptors (Lipinski definition) is 4. The van der Waals surface area contributed by atoms with E-state index in [1.165, 1.54) is 17.3 Å². The molecule has 4 rings (SSSR count). The Morgan fingerprint density at radius 2 is 1.78 bits per heavy atom. The minimum Gasteiger partial charge on any atom is -0.299 e. The summed E-state index contributed by atoms with van der Waals surface area (Å²) in [6.07, 6.45) is 1.48. The summed E-state index contributed by atoms with van der Waals surface area (Å²) in [4.78, 5) is 2.72. The van der Waals surface area contributed by atoms with Crippen LogP contribution in [0, 0.1) is 25.7 Å². The molecule has 2 aromatic rings. The summed E-state index contributed by atoms with van der Waals surface area (Å²) in [6.45, 7) is 6.04. The zero-order chi connectivity index (χ0) is 18.6. The minimum absolute atomic E-state index is 0. The molecule has 1 aromatic carbocycles. The van der Waals surface area contributed by atoms with Crippen LogP contribution < -0.4 is 0 Å². The van der Waals surface area contributed by atoms with Crippen LogP contribution in [0.5, 0.6) is 0 Å². The number of rotatable bonds is 3. The summed E-state index contributed by atoms with van der Waals surface area (Å²) in [6, 6.07) is 8.73. The quantitative estimate of drug-likeness (QED) is 0.779. The highest BCUT2D eigenvalue weighted by Crippen LogP contribution is 2.46. The fraction of sp³-hybridized carbons (Fsp3) is 0.526. The molecule has 0 unspecified atom stereocenters. The number of nitrogens with zero attached hydrogens (tertiary/aromatic N) is 4. The number of hydrogen-bond donors (Lipinski definition) is 0. The minimum atomic E-state index is -3.49. The first-order valence-electron chi connectivity index (χ1n) is 9.05. The van der Waals surface area contributed by atoms with Crippen molar-refractivity contribution in [2.24, 2.45) is 18.9 Å². The SMILES string of the molecule is Cc1ccccc1[C@H]1[C@@H]2CN(S(=O)(=O)c3cnn(C)c3C)C[C@@H]2CN1C.Cl. The molecule has 0 aliphatic carbocycles. The fourth-order valence-corrected chi connectivity index (χ4v) is 6.39. The van der Waals surface area contributed by atoms with E-state index in [0.717, 1.165) is 6.54 Å². The molecule has 0 saturated carbocycles. The normalized spacial score (nSPS) is 26.1. The molecule has 0 radical (unpaired) electrons. The van der Waals surface area contributed by atoms with E-state index in [9.17, 15) is 8.42 Å². The van der Waals surface area contributed by atoms with Crippen molar-refractivity contribution >= 4 is 22.4 Å². The number of sulfonamides is 1. The molecule has 148 valence electrons. The van der Waals surface area contributed by atoms with Gasteiger partial charge in [-0.3, -0.25) is 9.58 Å². The van der Waals surface area contributed by atoms with Crippen LogP contribution in [0.4, 0.5) is 0 Å². The molecule has 0 N–H and O–H groups in total. The number of aromatic nitrogens is 2. The highest BCUT2D eigenvalue weighted by molar-refractivity contribution is 7.89. The molecule has 27 heavy (non-hydrogen) atoms. The maximum Gasteiger partial charge on any atom is 0.246 e. The van der Waals surface area contributed by atoms with Crippen LogP contribution >= 0.6 is 12.4 Å². The Morgan fingerprint density at radius 3 is 2.41 bits per heavy atom. The van der Waals surface area contributed by atoms with Crippen molar-refractivity contribution in [1.82, 2.24) is 19.0 Å². The van der Waals surface area contributed by atoms with Gasteiger partial charge in [0, 0.05) is 32.7 Å². The molecule has 3 atom stereocenters. The Kier molecular flexibility index (Phi) is 5.42. The van der Waals surface area contributed by atoms with E-state index in [-0.39, 0.29) is 18.4 Å². The maximum atomic E-state index is 13.2. The van der Waals surface area contributed by atoms with E-state index in [0.29, 0.717) is 35.5 Å². The average Bonchev–Trinajstić information content (AvgIpc) is 3.22. The highest BCUT2D eigenvalue weighted by atomic mass is 35.5. The lowest BCUT2D eigenvalue weighted by atomic mass is 9.88. The van der Waals surface area contributed by atoms with Crippen LogP contribution in [-0.2, 0) is 17.1 Å². The zero-order valence-corrected chi connectivity index (χ0v) is 17.8. The van der Waals surface area contributed by atoms with Crippen LogP contribution in [-0.4, -0.2) is 54.1 Å². The molecular weight excluding hydrogens is 384 g/mol. The number of fused-ring (bicyclic) bond motifs is 1. The standard InChI is InChI=1S/C19H26N4O2S.ClH/c1-13-7-5-6-8-16(13)19-17-12-23(11-15(17)10-21(19)3)26(24,25)18-9-20-22(4)14(18)2;/h5-9,15,17,19H,10-12H2,1-4H3;1H/t15-,17+,19-;/m0./s1. The third kappa shape index (κ3) is 3.20. The second kappa shape index (κ2) is 7.20. The molecule has 6 nitrogen and oxygen atoms in total. The van der Waals surface area contributed by atoms with Gasteiger partial charge in [0.2, 0.25) is 10.0 Å². The Morgan fingerprint density at radius 1 is 1.07 bits per heavy atom. The summed E-state index contributed by atoms with van der Waals surface area (Å²) in [7, 11) is 0.434. The summed E-state index contributed by atoms with van der Waals surface area (Å²) in [5.74, 6) is 0.698. The number of likely N-dealkylation sites (tertiary alicyclic amines) is 1. The van der Waals surface area contributed by atoms with Gasteiger partial charge >= 0.3 is 0 Å². The van der Waals surface area contributed by atoms with Gasteiger partial charge in [0.15, 0.2) is 0 Å². The van der Waals surface area contributed by atoms with Crippen molar-refractivity contribution in [2.45, 2.75) is 24.8 Å². The number of halogens is 1. The van der Waals surface area contributed by atoms with Crippen molar-refractivity contribution < 1.29 is 8.42 Å². The lowest BCUT2D eigenvalue weighted by Crippen LogP contribution is -2.33. The van der Waals surface area contributed by atoms with Crippen molar-refractivity contribution in [1.29, 1.82) is 0 Å². The van der Waals surface area contributed by atoms with Gasteiger partial charge in [0.05, 0.1) is 11.9 Å². The molecule has 0 bridgehead atoms. The Bertz CT molecular complexity index is 943. The summed E-state index contributed by atoms with van der Waals surface area (Å²) in [5.41, 5.74) is 3.28. The lowest BCUT2D eigenvalue weighted by molar-refractivity contribution is 0.260. The van der Waals surface area contributed by atoms with E-state index < -0.39 is 10.0 Å². The topological polar surface area (TPSA) is 58.4 Å². The first kappa shape index (κ1) is 20.3.